The van der Waals surface area contributed by atoms with Crippen molar-refractivity contribution in [1.82, 2.24) is 10.2 Å². The highest BCUT2D eigenvalue weighted by molar-refractivity contribution is 5.87. The molecule has 3 rings (SSSR count). The van der Waals surface area contributed by atoms with Crippen molar-refractivity contribution < 1.29 is 9.59 Å². The lowest BCUT2D eigenvalue weighted by atomic mass is 9.93. The number of rotatable bonds is 3. The van der Waals surface area contributed by atoms with Crippen LogP contribution in [-0.4, -0.2) is 29.3 Å². The zero-order valence-corrected chi connectivity index (χ0v) is 13.2. The van der Waals surface area contributed by atoms with Crippen LogP contribution >= 0.6 is 0 Å². The lowest BCUT2D eigenvalue weighted by molar-refractivity contribution is -0.140. The molecule has 2 amide bonds. The second-order valence-corrected chi connectivity index (χ2v) is 6.53. The number of nitrogens with one attached hydrogen (secondary N) is 1. The van der Waals surface area contributed by atoms with Crippen LogP contribution in [0.3, 0.4) is 0 Å². The smallest absolute Gasteiger partial charge is 0.243 e. The van der Waals surface area contributed by atoms with Crippen molar-refractivity contribution in [1.29, 1.82) is 0 Å². The Labute approximate surface area is 131 Å². The first-order chi connectivity index (χ1) is 10.6. The molecule has 1 aliphatic carbocycles. The molecule has 1 N–H and O–H groups in total. The molecule has 1 saturated carbocycles. The Morgan fingerprint density at radius 1 is 1.18 bits per heavy atom. The Bertz CT molecular complexity index is 564. The van der Waals surface area contributed by atoms with E-state index in [1.54, 1.807) is 11.8 Å². The minimum absolute atomic E-state index is 0.00315. The standard InChI is InChI=1S/C18H24N2O2/c1-13(21)20-12-16-9-5-4-8-15(16)10-17(20)18(22)19-11-14-6-2-3-7-14/h4-5,8-9,14,17H,2-3,6-7,10-12H2,1H3,(H,19,22)/t17-/m1/s1. The summed E-state index contributed by atoms with van der Waals surface area (Å²) in [5.74, 6) is 0.581. The Balaban J connectivity index is 1.69. The van der Waals surface area contributed by atoms with E-state index in [-0.39, 0.29) is 17.9 Å². The number of benzene rings is 1. The first-order valence-corrected chi connectivity index (χ1v) is 8.27. The predicted octanol–water partition coefficient (Wildman–Crippen LogP) is 2.27. The summed E-state index contributed by atoms with van der Waals surface area (Å²) in [5, 5.41) is 3.08. The average Bonchev–Trinajstić information content (AvgIpc) is 3.04. The SMILES string of the molecule is CC(=O)N1Cc2ccccc2C[C@@H]1C(=O)NCC1CCCC1. The number of nitrogens with zero attached hydrogens (tertiary/aromatic N) is 1. The molecular weight excluding hydrogens is 276 g/mol. The molecule has 1 fully saturated rings. The average molecular weight is 300 g/mol. The molecule has 4 nitrogen and oxygen atoms in total. The number of carbonyl (C=O) groups is 2. The topological polar surface area (TPSA) is 49.4 Å². The number of hydrogen-bond donors (Lipinski definition) is 1. The lowest BCUT2D eigenvalue weighted by Gasteiger charge is -2.35. The van der Waals surface area contributed by atoms with Gasteiger partial charge in [0.1, 0.15) is 6.04 Å². The highest BCUT2D eigenvalue weighted by atomic mass is 16.2. The van der Waals surface area contributed by atoms with Crippen LogP contribution < -0.4 is 5.32 Å². The molecule has 0 bridgehead atoms. The first-order valence-electron chi connectivity index (χ1n) is 8.27. The van der Waals surface area contributed by atoms with Crippen molar-refractivity contribution in [2.75, 3.05) is 6.54 Å². The predicted molar refractivity (Wildman–Crippen MR) is 85.1 cm³/mol. The molecule has 0 radical (unpaired) electrons. The van der Waals surface area contributed by atoms with Crippen LogP contribution in [0.4, 0.5) is 0 Å². The number of carbonyl (C=O) groups excluding carboxylic acids is 2. The molecule has 1 atom stereocenters. The molecule has 4 heteroatoms. The maximum absolute atomic E-state index is 12.6. The Hall–Kier alpha value is -1.84. The molecule has 0 saturated heterocycles. The maximum atomic E-state index is 12.6. The van der Waals surface area contributed by atoms with Crippen molar-refractivity contribution in [3.63, 3.8) is 0 Å². The fourth-order valence-corrected chi connectivity index (χ4v) is 3.67. The second kappa shape index (κ2) is 6.51. The normalized spacial score (nSPS) is 21.5. The highest BCUT2D eigenvalue weighted by Gasteiger charge is 2.33. The molecule has 1 aromatic carbocycles. The summed E-state index contributed by atoms with van der Waals surface area (Å²) in [6.07, 6.45) is 5.59. The van der Waals surface area contributed by atoms with E-state index in [1.165, 1.54) is 31.2 Å². The highest BCUT2D eigenvalue weighted by Crippen LogP contribution is 2.25. The van der Waals surface area contributed by atoms with Gasteiger partial charge >= 0.3 is 0 Å². The summed E-state index contributed by atoms with van der Waals surface area (Å²) in [4.78, 5) is 26.2. The monoisotopic (exact) mass is 300 g/mol. The van der Waals surface area contributed by atoms with Crippen molar-refractivity contribution in [3.8, 4) is 0 Å². The summed E-state index contributed by atoms with van der Waals surface area (Å²) >= 11 is 0. The van der Waals surface area contributed by atoms with Gasteiger partial charge in [0, 0.05) is 26.4 Å². The van der Waals surface area contributed by atoms with Gasteiger partial charge < -0.3 is 10.2 Å². The Kier molecular flexibility index (Phi) is 4.46. The van der Waals surface area contributed by atoms with Gasteiger partial charge in [0.15, 0.2) is 0 Å². The van der Waals surface area contributed by atoms with Crippen molar-refractivity contribution in [2.45, 2.75) is 51.6 Å². The molecule has 0 spiro atoms. The van der Waals surface area contributed by atoms with Gasteiger partial charge in [-0.2, -0.15) is 0 Å². The lowest BCUT2D eigenvalue weighted by Crippen LogP contribution is -2.52. The molecule has 1 aromatic rings. The van der Waals surface area contributed by atoms with E-state index in [0.717, 1.165) is 12.1 Å². The van der Waals surface area contributed by atoms with Crippen LogP contribution in [0.25, 0.3) is 0 Å². The van der Waals surface area contributed by atoms with Crippen molar-refractivity contribution >= 4 is 11.8 Å². The fourth-order valence-electron chi connectivity index (χ4n) is 3.67. The molecule has 118 valence electrons. The summed E-state index contributed by atoms with van der Waals surface area (Å²) in [6.45, 7) is 2.83. The minimum atomic E-state index is -0.367. The summed E-state index contributed by atoms with van der Waals surface area (Å²) in [7, 11) is 0. The molecule has 0 unspecified atom stereocenters. The van der Waals surface area contributed by atoms with E-state index in [1.807, 2.05) is 18.2 Å². The zero-order chi connectivity index (χ0) is 15.5. The molecule has 1 aliphatic heterocycles. The van der Waals surface area contributed by atoms with Crippen LogP contribution in [0.2, 0.25) is 0 Å². The molecule has 22 heavy (non-hydrogen) atoms. The van der Waals surface area contributed by atoms with E-state index in [0.29, 0.717) is 18.9 Å². The van der Waals surface area contributed by atoms with Gasteiger partial charge in [0.25, 0.3) is 0 Å². The van der Waals surface area contributed by atoms with E-state index < -0.39 is 0 Å². The van der Waals surface area contributed by atoms with Crippen molar-refractivity contribution in [3.05, 3.63) is 35.4 Å². The third-order valence-corrected chi connectivity index (χ3v) is 5.00. The zero-order valence-electron chi connectivity index (χ0n) is 13.2. The van der Waals surface area contributed by atoms with Gasteiger partial charge in [0.05, 0.1) is 0 Å². The summed E-state index contributed by atoms with van der Waals surface area (Å²) < 4.78 is 0. The first kappa shape index (κ1) is 15.1. The van der Waals surface area contributed by atoms with Gasteiger partial charge in [-0.15, -0.1) is 0 Å². The van der Waals surface area contributed by atoms with Gasteiger partial charge in [-0.1, -0.05) is 37.1 Å². The van der Waals surface area contributed by atoms with Gasteiger partial charge in [-0.05, 0) is 29.9 Å². The van der Waals surface area contributed by atoms with E-state index in [4.69, 9.17) is 0 Å². The maximum Gasteiger partial charge on any atom is 0.243 e. The van der Waals surface area contributed by atoms with Crippen LogP contribution in [-0.2, 0) is 22.6 Å². The minimum Gasteiger partial charge on any atom is -0.354 e. The van der Waals surface area contributed by atoms with E-state index >= 15 is 0 Å². The molecular formula is C18H24N2O2. The number of hydrogen-bond acceptors (Lipinski definition) is 2. The van der Waals surface area contributed by atoms with Crippen LogP contribution in [0.15, 0.2) is 24.3 Å². The Morgan fingerprint density at radius 3 is 2.55 bits per heavy atom. The van der Waals surface area contributed by atoms with Gasteiger partial charge in [-0.3, -0.25) is 9.59 Å². The molecule has 2 aliphatic rings. The third-order valence-electron chi connectivity index (χ3n) is 5.00. The second-order valence-electron chi connectivity index (χ2n) is 6.53. The van der Waals surface area contributed by atoms with Gasteiger partial charge in [0.2, 0.25) is 11.8 Å². The van der Waals surface area contributed by atoms with Crippen LogP contribution in [0, 0.1) is 5.92 Å². The van der Waals surface area contributed by atoms with Crippen LogP contribution in [0.5, 0.6) is 0 Å². The summed E-state index contributed by atoms with van der Waals surface area (Å²) in [6, 6.07) is 7.71. The van der Waals surface area contributed by atoms with Crippen LogP contribution in [0.1, 0.15) is 43.7 Å². The van der Waals surface area contributed by atoms with E-state index in [9.17, 15) is 9.59 Å². The quantitative estimate of drug-likeness (QED) is 0.931. The van der Waals surface area contributed by atoms with Crippen molar-refractivity contribution in [2.24, 2.45) is 5.92 Å². The fraction of sp³-hybridized carbons (Fsp3) is 0.556. The van der Waals surface area contributed by atoms with E-state index in [2.05, 4.69) is 11.4 Å². The summed E-state index contributed by atoms with van der Waals surface area (Å²) in [5.41, 5.74) is 2.33. The Morgan fingerprint density at radius 2 is 1.86 bits per heavy atom. The number of amides is 2. The third kappa shape index (κ3) is 3.16. The van der Waals surface area contributed by atoms with Gasteiger partial charge in [-0.25, -0.2) is 0 Å². The largest absolute Gasteiger partial charge is 0.354 e. The molecule has 0 aromatic heterocycles. The number of fused-ring (bicyclic) bond motifs is 1. The molecule has 1 heterocycles.